The Bertz CT molecular complexity index is 498. The lowest BCUT2D eigenvalue weighted by Crippen LogP contribution is -2.00. The Balaban J connectivity index is 2.04. The zero-order valence-electron chi connectivity index (χ0n) is 8.34. The highest BCUT2D eigenvalue weighted by Crippen LogP contribution is 2.24. The first-order valence-electron chi connectivity index (χ1n) is 4.68. The molecule has 16 heavy (non-hydrogen) atoms. The maximum absolute atomic E-state index is 13.4. The largest absolute Gasteiger partial charge is 0.399 e. The number of nitrogens with two attached hydrogens (primary N) is 1. The number of thiophene rings is 1. The maximum Gasteiger partial charge on any atom is 0.148 e. The van der Waals surface area contributed by atoms with E-state index in [4.69, 9.17) is 5.73 Å². The normalized spacial score (nSPS) is 10.4. The van der Waals surface area contributed by atoms with Crippen molar-refractivity contribution >= 4 is 38.6 Å². The van der Waals surface area contributed by atoms with Gasteiger partial charge in [-0.3, -0.25) is 0 Å². The van der Waals surface area contributed by atoms with Gasteiger partial charge in [-0.15, -0.1) is 11.3 Å². The Morgan fingerprint density at radius 2 is 2.12 bits per heavy atom. The van der Waals surface area contributed by atoms with Gasteiger partial charge in [-0.2, -0.15) is 0 Å². The molecule has 0 atom stereocenters. The van der Waals surface area contributed by atoms with Crippen LogP contribution >= 0.6 is 27.3 Å². The van der Waals surface area contributed by atoms with Crippen LogP contribution in [0.3, 0.4) is 0 Å². The molecule has 1 aromatic carbocycles. The molecule has 2 rings (SSSR count). The Hall–Kier alpha value is -1.07. The summed E-state index contributed by atoms with van der Waals surface area (Å²) in [5, 5.41) is 3.03. The van der Waals surface area contributed by atoms with E-state index in [1.165, 1.54) is 6.07 Å². The number of rotatable bonds is 3. The fraction of sp³-hybridized carbons (Fsp3) is 0.0909. The van der Waals surface area contributed by atoms with Crippen LogP contribution in [0.25, 0.3) is 0 Å². The van der Waals surface area contributed by atoms with E-state index in [1.807, 2.05) is 12.1 Å². The summed E-state index contributed by atoms with van der Waals surface area (Å²) in [7, 11) is 0. The summed E-state index contributed by atoms with van der Waals surface area (Å²) >= 11 is 5.01. The summed E-state index contributed by atoms with van der Waals surface area (Å²) in [4.78, 5) is 1.14. The summed E-state index contributed by atoms with van der Waals surface area (Å²) < 4.78 is 14.5. The van der Waals surface area contributed by atoms with E-state index in [-0.39, 0.29) is 5.82 Å². The van der Waals surface area contributed by atoms with Gasteiger partial charge in [0.05, 0.1) is 9.47 Å². The summed E-state index contributed by atoms with van der Waals surface area (Å²) in [6.07, 6.45) is 0. The summed E-state index contributed by atoms with van der Waals surface area (Å²) in [5.41, 5.74) is 6.37. The number of hydrogen-bond acceptors (Lipinski definition) is 3. The van der Waals surface area contributed by atoms with E-state index in [2.05, 4.69) is 21.2 Å². The first kappa shape index (κ1) is 11.4. The second-order valence-electron chi connectivity index (χ2n) is 3.30. The molecule has 0 bridgehead atoms. The van der Waals surface area contributed by atoms with E-state index in [1.54, 1.807) is 23.5 Å². The standard InChI is InChI=1S/C11H10BrFN2S/c12-11-4-2-8(16-11)6-15-10-3-1-7(14)5-9(10)13/h1-5,15H,6,14H2. The third kappa shape index (κ3) is 2.74. The number of halogens is 2. The second-order valence-corrected chi connectivity index (χ2v) is 5.85. The summed E-state index contributed by atoms with van der Waals surface area (Å²) in [6.45, 7) is 0.608. The molecule has 0 unspecified atom stereocenters. The van der Waals surface area contributed by atoms with Crippen molar-refractivity contribution in [3.05, 3.63) is 44.8 Å². The SMILES string of the molecule is Nc1ccc(NCc2ccc(Br)s2)c(F)c1. The fourth-order valence-electron chi connectivity index (χ4n) is 1.30. The monoisotopic (exact) mass is 300 g/mol. The fourth-order valence-corrected chi connectivity index (χ4v) is 2.73. The highest BCUT2D eigenvalue weighted by molar-refractivity contribution is 9.11. The van der Waals surface area contributed by atoms with E-state index < -0.39 is 0 Å². The smallest absolute Gasteiger partial charge is 0.148 e. The molecule has 0 aliphatic heterocycles. The predicted molar refractivity (Wildman–Crippen MR) is 70.2 cm³/mol. The van der Waals surface area contributed by atoms with E-state index in [9.17, 15) is 4.39 Å². The van der Waals surface area contributed by atoms with Crippen molar-refractivity contribution in [2.45, 2.75) is 6.54 Å². The third-order valence-corrected chi connectivity index (χ3v) is 3.70. The Morgan fingerprint density at radius 1 is 1.31 bits per heavy atom. The number of nitrogens with one attached hydrogen (secondary N) is 1. The Labute approximate surface area is 105 Å². The molecule has 0 fully saturated rings. The van der Waals surface area contributed by atoms with Gasteiger partial charge in [0.1, 0.15) is 5.82 Å². The molecule has 1 heterocycles. The van der Waals surface area contributed by atoms with Crippen LogP contribution in [0.15, 0.2) is 34.1 Å². The van der Waals surface area contributed by atoms with Gasteiger partial charge in [0.2, 0.25) is 0 Å². The summed E-state index contributed by atoms with van der Waals surface area (Å²) in [5.74, 6) is -0.323. The Kier molecular flexibility index (Phi) is 3.46. The lowest BCUT2D eigenvalue weighted by atomic mass is 10.2. The van der Waals surface area contributed by atoms with Crippen LogP contribution in [0.2, 0.25) is 0 Å². The van der Waals surface area contributed by atoms with Crippen LogP contribution in [0, 0.1) is 5.82 Å². The quantitative estimate of drug-likeness (QED) is 0.845. The number of nitrogen functional groups attached to an aromatic ring is 1. The highest BCUT2D eigenvalue weighted by Gasteiger charge is 2.03. The third-order valence-electron chi connectivity index (χ3n) is 2.08. The van der Waals surface area contributed by atoms with E-state index in [0.29, 0.717) is 17.9 Å². The minimum atomic E-state index is -0.323. The predicted octanol–water partition coefficient (Wildman–Crippen LogP) is 3.84. The average molecular weight is 301 g/mol. The van der Waals surface area contributed by atoms with Gasteiger partial charge in [-0.1, -0.05) is 0 Å². The molecule has 0 aliphatic rings. The van der Waals surface area contributed by atoms with Gasteiger partial charge in [-0.25, -0.2) is 4.39 Å². The van der Waals surface area contributed by atoms with Crippen molar-refractivity contribution in [1.82, 2.24) is 0 Å². The zero-order valence-corrected chi connectivity index (χ0v) is 10.7. The lowest BCUT2D eigenvalue weighted by Gasteiger charge is -2.06. The Morgan fingerprint density at radius 3 is 2.75 bits per heavy atom. The molecule has 0 amide bonds. The van der Waals surface area contributed by atoms with Crippen molar-refractivity contribution < 1.29 is 4.39 Å². The zero-order chi connectivity index (χ0) is 11.5. The molecule has 0 spiro atoms. The molecule has 0 saturated carbocycles. The molecule has 84 valence electrons. The first-order chi connectivity index (χ1) is 7.65. The van der Waals surface area contributed by atoms with Crippen LogP contribution in [0.4, 0.5) is 15.8 Å². The van der Waals surface area contributed by atoms with Gasteiger partial charge >= 0.3 is 0 Å². The molecule has 5 heteroatoms. The van der Waals surface area contributed by atoms with Gasteiger partial charge in [-0.05, 0) is 46.3 Å². The maximum atomic E-state index is 13.4. The van der Waals surface area contributed by atoms with E-state index >= 15 is 0 Å². The molecule has 3 N–H and O–H groups in total. The first-order valence-corrected chi connectivity index (χ1v) is 6.29. The van der Waals surface area contributed by atoms with Crippen LogP contribution in [-0.2, 0) is 6.54 Å². The lowest BCUT2D eigenvalue weighted by molar-refractivity contribution is 0.631. The summed E-state index contributed by atoms with van der Waals surface area (Å²) in [6, 6.07) is 8.60. The van der Waals surface area contributed by atoms with E-state index in [0.717, 1.165) is 8.66 Å². The van der Waals surface area contributed by atoms with Gasteiger partial charge in [0, 0.05) is 17.1 Å². The molecule has 0 radical (unpaired) electrons. The van der Waals surface area contributed by atoms with Gasteiger partial charge in [0.15, 0.2) is 0 Å². The van der Waals surface area contributed by atoms with Gasteiger partial charge in [0.25, 0.3) is 0 Å². The van der Waals surface area contributed by atoms with Crippen LogP contribution in [0.1, 0.15) is 4.88 Å². The molecular weight excluding hydrogens is 291 g/mol. The molecule has 0 aliphatic carbocycles. The van der Waals surface area contributed by atoms with Crippen molar-refractivity contribution in [3.8, 4) is 0 Å². The van der Waals surface area contributed by atoms with Crippen LogP contribution in [0.5, 0.6) is 0 Å². The second kappa shape index (κ2) is 4.84. The van der Waals surface area contributed by atoms with Crippen molar-refractivity contribution in [2.24, 2.45) is 0 Å². The van der Waals surface area contributed by atoms with Crippen molar-refractivity contribution in [1.29, 1.82) is 0 Å². The number of anilines is 2. The minimum Gasteiger partial charge on any atom is -0.399 e. The van der Waals surface area contributed by atoms with Crippen LogP contribution < -0.4 is 11.1 Å². The average Bonchev–Trinajstić information content (AvgIpc) is 2.63. The molecule has 1 aromatic heterocycles. The van der Waals surface area contributed by atoms with Crippen molar-refractivity contribution in [3.63, 3.8) is 0 Å². The van der Waals surface area contributed by atoms with Gasteiger partial charge < -0.3 is 11.1 Å². The molecule has 2 aromatic rings. The van der Waals surface area contributed by atoms with Crippen molar-refractivity contribution in [2.75, 3.05) is 11.1 Å². The topological polar surface area (TPSA) is 38.0 Å². The minimum absolute atomic E-state index is 0.323. The highest BCUT2D eigenvalue weighted by atomic mass is 79.9. The molecule has 0 saturated heterocycles. The number of benzene rings is 1. The molecule has 2 nitrogen and oxygen atoms in total. The van der Waals surface area contributed by atoms with Crippen LogP contribution in [-0.4, -0.2) is 0 Å². The number of hydrogen-bond donors (Lipinski definition) is 2. The molecular formula is C11H10BrFN2S.